The highest BCUT2D eigenvalue weighted by molar-refractivity contribution is 6.01. The maximum Gasteiger partial charge on any atom is 0.249 e. The van der Waals surface area contributed by atoms with Crippen LogP contribution in [-0.4, -0.2) is 37.5 Å². The quantitative estimate of drug-likeness (QED) is 0.741. The van der Waals surface area contributed by atoms with Gasteiger partial charge in [-0.1, -0.05) is 12.1 Å². The molecule has 2 N–H and O–H groups in total. The largest absolute Gasteiger partial charge is 0.493 e. The number of methoxy groups -OCH3 is 1. The van der Waals surface area contributed by atoms with E-state index in [1.165, 1.54) is 7.11 Å². The maximum absolute atomic E-state index is 11.8. The molecule has 0 aliphatic carbocycles. The molecular weight excluding hydrogens is 288 g/mol. The molecule has 118 valence electrons. The highest BCUT2D eigenvalue weighted by Gasteiger charge is 2.27. The van der Waals surface area contributed by atoms with E-state index < -0.39 is 11.9 Å². The number of piperidine rings is 1. The Kier molecular flexibility index (Phi) is 5.35. The van der Waals surface area contributed by atoms with Crippen molar-refractivity contribution in [1.29, 1.82) is 0 Å². The highest BCUT2D eigenvalue weighted by Crippen LogP contribution is 2.25. The molecule has 0 radical (unpaired) electrons. The fourth-order valence-corrected chi connectivity index (χ4v) is 2.09. The monoisotopic (exact) mass is 306 g/mol. The lowest BCUT2D eigenvalue weighted by Gasteiger charge is -2.21. The van der Waals surface area contributed by atoms with Crippen molar-refractivity contribution in [2.45, 2.75) is 25.3 Å². The van der Waals surface area contributed by atoms with Crippen LogP contribution in [0.4, 0.5) is 0 Å². The number of ether oxygens (including phenoxy) is 2. The van der Waals surface area contributed by atoms with Crippen LogP contribution in [-0.2, 0) is 14.4 Å². The van der Waals surface area contributed by atoms with Crippen LogP contribution in [0.1, 0.15) is 19.3 Å². The van der Waals surface area contributed by atoms with Crippen LogP contribution in [0.5, 0.6) is 11.5 Å². The molecule has 0 spiro atoms. The summed E-state index contributed by atoms with van der Waals surface area (Å²) in [6.07, 6.45) is 0.661. The number of para-hydroxylation sites is 2. The van der Waals surface area contributed by atoms with Gasteiger partial charge in [-0.3, -0.25) is 19.7 Å². The summed E-state index contributed by atoms with van der Waals surface area (Å²) in [5.41, 5.74) is 0. The first-order valence-corrected chi connectivity index (χ1v) is 6.99. The Hall–Kier alpha value is -2.57. The summed E-state index contributed by atoms with van der Waals surface area (Å²) in [6.45, 7) is 0.166. The Balaban J connectivity index is 1.76. The van der Waals surface area contributed by atoms with Crippen molar-refractivity contribution in [3.63, 3.8) is 0 Å². The topological polar surface area (TPSA) is 93.7 Å². The third kappa shape index (κ3) is 4.21. The van der Waals surface area contributed by atoms with E-state index in [9.17, 15) is 14.4 Å². The maximum atomic E-state index is 11.8. The standard InChI is InChI=1S/C15H18N2O5/c1-21-11-4-2-3-5-12(11)22-9-8-14(19)16-10-6-7-13(18)17-15(10)20/h2-5,10H,6-9H2,1H3,(H,16,19)(H,17,18,20). The van der Waals surface area contributed by atoms with E-state index in [-0.39, 0.29) is 31.3 Å². The minimum absolute atomic E-state index is 0.107. The first-order chi connectivity index (χ1) is 10.6. The second kappa shape index (κ2) is 7.44. The van der Waals surface area contributed by atoms with E-state index >= 15 is 0 Å². The molecule has 22 heavy (non-hydrogen) atoms. The van der Waals surface area contributed by atoms with Crippen molar-refractivity contribution >= 4 is 17.7 Å². The predicted molar refractivity (Wildman–Crippen MR) is 77.4 cm³/mol. The van der Waals surface area contributed by atoms with E-state index in [1.54, 1.807) is 18.2 Å². The second-order valence-corrected chi connectivity index (χ2v) is 4.82. The zero-order valence-corrected chi connectivity index (χ0v) is 12.3. The summed E-state index contributed by atoms with van der Waals surface area (Å²) in [5.74, 6) is 0.0709. The predicted octanol–water partition coefficient (Wildman–Crippen LogP) is 0.386. The van der Waals surface area contributed by atoms with Crippen LogP contribution >= 0.6 is 0 Å². The SMILES string of the molecule is COc1ccccc1OCCC(=O)NC1CCC(=O)NC1=O. The normalized spacial score (nSPS) is 17.6. The molecule has 1 atom stereocenters. The zero-order chi connectivity index (χ0) is 15.9. The summed E-state index contributed by atoms with van der Waals surface area (Å²) in [4.78, 5) is 34.3. The van der Waals surface area contributed by atoms with Crippen molar-refractivity contribution < 1.29 is 23.9 Å². The van der Waals surface area contributed by atoms with Crippen LogP contribution in [0.2, 0.25) is 0 Å². The van der Waals surface area contributed by atoms with Gasteiger partial charge in [0.1, 0.15) is 6.04 Å². The van der Waals surface area contributed by atoms with Crippen molar-refractivity contribution in [3.05, 3.63) is 24.3 Å². The van der Waals surface area contributed by atoms with E-state index in [4.69, 9.17) is 9.47 Å². The van der Waals surface area contributed by atoms with Crippen LogP contribution in [0.25, 0.3) is 0 Å². The van der Waals surface area contributed by atoms with Crippen LogP contribution in [0.15, 0.2) is 24.3 Å². The third-order valence-corrected chi connectivity index (χ3v) is 3.23. The summed E-state index contributed by atoms with van der Waals surface area (Å²) >= 11 is 0. The van der Waals surface area contributed by atoms with Gasteiger partial charge in [0.05, 0.1) is 20.1 Å². The first kappa shape index (κ1) is 15.8. The van der Waals surface area contributed by atoms with Gasteiger partial charge >= 0.3 is 0 Å². The Morgan fingerprint density at radius 3 is 2.73 bits per heavy atom. The summed E-state index contributed by atoms with van der Waals surface area (Å²) in [5, 5.41) is 4.78. The van der Waals surface area contributed by atoms with Crippen molar-refractivity contribution in [2.24, 2.45) is 0 Å². The van der Waals surface area contributed by atoms with E-state index in [0.29, 0.717) is 17.9 Å². The molecule has 0 bridgehead atoms. The number of amides is 3. The lowest BCUT2D eigenvalue weighted by atomic mass is 10.1. The minimum atomic E-state index is -0.656. The van der Waals surface area contributed by atoms with Crippen LogP contribution in [0, 0.1) is 0 Å². The van der Waals surface area contributed by atoms with Gasteiger partial charge in [0.2, 0.25) is 17.7 Å². The Morgan fingerprint density at radius 1 is 1.32 bits per heavy atom. The van der Waals surface area contributed by atoms with Gasteiger partial charge in [0.15, 0.2) is 11.5 Å². The van der Waals surface area contributed by atoms with E-state index in [0.717, 1.165) is 0 Å². The van der Waals surface area contributed by atoms with Gasteiger partial charge in [-0.15, -0.1) is 0 Å². The molecule has 1 aliphatic rings. The number of hydrogen-bond acceptors (Lipinski definition) is 5. The molecule has 7 nitrogen and oxygen atoms in total. The third-order valence-electron chi connectivity index (χ3n) is 3.23. The fourth-order valence-electron chi connectivity index (χ4n) is 2.09. The molecule has 2 rings (SSSR count). The molecule has 0 aromatic heterocycles. The number of nitrogens with one attached hydrogen (secondary N) is 2. The lowest BCUT2D eigenvalue weighted by molar-refractivity contribution is -0.137. The molecule has 1 saturated heterocycles. The van der Waals surface area contributed by atoms with E-state index in [2.05, 4.69) is 10.6 Å². The summed E-state index contributed by atoms with van der Waals surface area (Å²) < 4.78 is 10.6. The summed E-state index contributed by atoms with van der Waals surface area (Å²) in [7, 11) is 1.54. The zero-order valence-electron chi connectivity index (χ0n) is 12.3. The van der Waals surface area contributed by atoms with Crippen molar-refractivity contribution in [3.8, 4) is 11.5 Å². The molecule has 7 heteroatoms. The summed E-state index contributed by atoms with van der Waals surface area (Å²) in [6, 6.07) is 6.48. The Bertz CT molecular complexity index is 573. The number of imide groups is 1. The minimum Gasteiger partial charge on any atom is -0.493 e. The van der Waals surface area contributed by atoms with Gasteiger partial charge in [-0.2, -0.15) is 0 Å². The Labute approximate surface area is 128 Å². The molecule has 1 fully saturated rings. The molecule has 1 aliphatic heterocycles. The number of carbonyl (C=O) groups is 3. The number of benzene rings is 1. The van der Waals surface area contributed by atoms with Gasteiger partial charge < -0.3 is 14.8 Å². The lowest BCUT2D eigenvalue weighted by Crippen LogP contribution is -2.52. The van der Waals surface area contributed by atoms with Gasteiger partial charge in [0, 0.05) is 6.42 Å². The first-order valence-electron chi connectivity index (χ1n) is 6.99. The van der Waals surface area contributed by atoms with Gasteiger partial charge in [0.25, 0.3) is 0 Å². The van der Waals surface area contributed by atoms with Crippen LogP contribution < -0.4 is 20.1 Å². The molecule has 1 aromatic rings. The molecule has 0 saturated carbocycles. The van der Waals surface area contributed by atoms with Gasteiger partial charge in [-0.25, -0.2) is 0 Å². The highest BCUT2D eigenvalue weighted by atomic mass is 16.5. The number of hydrogen-bond donors (Lipinski definition) is 2. The van der Waals surface area contributed by atoms with Gasteiger partial charge in [-0.05, 0) is 18.6 Å². The fraction of sp³-hybridized carbons (Fsp3) is 0.400. The number of carbonyl (C=O) groups excluding carboxylic acids is 3. The number of rotatable bonds is 6. The average molecular weight is 306 g/mol. The molecule has 1 heterocycles. The molecule has 3 amide bonds. The van der Waals surface area contributed by atoms with Crippen molar-refractivity contribution in [1.82, 2.24) is 10.6 Å². The second-order valence-electron chi connectivity index (χ2n) is 4.82. The van der Waals surface area contributed by atoms with Crippen molar-refractivity contribution in [2.75, 3.05) is 13.7 Å². The van der Waals surface area contributed by atoms with Crippen LogP contribution in [0.3, 0.4) is 0 Å². The Morgan fingerprint density at radius 2 is 2.05 bits per heavy atom. The van der Waals surface area contributed by atoms with E-state index in [1.807, 2.05) is 6.07 Å². The molecular formula is C15H18N2O5. The molecule has 1 unspecified atom stereocenters. The average Bonchev–Trinajstić information content (AvgIpc) is 2.50. The smallest absolute Gasteiger partial charge is 0.249 e. The molecule has 1 aromatic carbocycles.